The van der Waals surface area contributed by atoms with E-state index in [9.17, 15) is 25.0 Å². The number of nitrogens with zero attached hydrogens (tertiary/aromatic N) is 4. The molecule has 0 aromatic heterocycles. The van der Waals surface area contributed by atoms with Crippen LogP contribution in [0.15, 0.2) is 36.4 Å². The Morgan fingerprint density at radius 1 is 1.03 bits per heavy atom. The van der Waals surface area contributed by atoms with E-state index in [0.29, 0.717) is 36.9 Å². The van der Waals surface area contributed by atoms with E-state index in [1.807, 2.05) is 9.80 Å². The molecule has 1 aliphatic rings. The average Bonchev–Trinajstić information content (AvgIpc) is 2.74. The van der Waals surface area contributed by atoms with E-state index in [-0.39, 0.29) is 28.0 Å². The summed E-state index contributed by atoms with van der Waals surface area (Å²) in [5.74, 6) is -0.353. The summed E-state index contributed by atoms with van der Waals surface area (Å²) in [5.41, 5.74) is 0.412. The zero-order chi connectivity index (χ0) is 22.7. The second-order valence-corrected chi connectivity index (χ2v) is 7.84. The average molecular weight is 468 g/mol. The van der Waals surface area contributed by atoms with Gasteiger partial charge in [0.25, 0.3) is 11.4 Å². The highest BCUT2D eigenvalue weighted by atomic mass is 35.5. The van der Waals surface area contributed by atoms with Crippen LogP contribution >= 0.6 is 23.2 Å². The van der Waals surface area contributed by atoms with E-state index in [1.165, 1.54) is 24.3 Å². The topological polar surface area (TPSA) is 122 Å². The van der Waals surface area contributed by atoms with Crippen LogP contribution in [0, 0.1) is 20.2 Å². The van der Waals surface area contributed by atoms with Crippen molar-refractivity contribution in [3.05, 3.63) is 66.7 Å². The Balaban J connectivity index is 1.65. The fraction of sp³-hybridized carbons (Fsp3) is 0.316. The van der Waals surface area contributed by atoms with Gasteiger partial charge in [-0.2, -0.15) is 0 Å². The number of carbonyl (C=O) groups is 1. The van der Waals surface area contributed by atoms with Gasteiger partial charge in [0.1, 0.15) is 5.69 Å². The van der Waals surface area contributed by atoms with Gasteiger partial charge in [-0.05, 0) is 25.1 Å². The third kappa shape index (κ3) is 5.22. The number of hydrogen-bond donors (Lipinski definition) is 1. The normalized spacial score (nSPS) is 15.4. The third-order valence-corrected chi connectivity index (χ3v) is 5.70. The first-order chi connectivity index (χ1) is 14.7. The van der Waals surface area contributed by atoms with Crippen molar-refractivity contribution in [3.63, 3.8) is 0 Å². The number of carbonyl (C=O) groups excluding carboxylic acids is 1. The molecule has 0 bridgehead atoms. The largest absolute Gasteiger partial charge is 0.363 e. The molecule has 0 spiro atoms. The number of nitrogens with one attached hydrogen (secondary N) is 1. The second-order valence-electron chi connectivity index (χ2n) is 7.00. The molecule has 1 fully saturated rings. The monoisotopic (exact) mass is 467 g/mol. The molecule has 0 saturated carbocycles. The quantitative estimate of drug-likeness (QED) is 0.503. The Labute approximate surface area is 187 Å². The van der Waals surface area contributed by atoms with E-state index >= 15 is 0 Å². The number of anilines is 2. The van der Waals surface area contributed by atoms with E-state index < -0.39 is 15.9 Å². The Morgan fingerprint density at radius 2 is 1.71 bits per heavy atom. The lowest BCUT2D eigenvalue weighted by molar-refractivity contribution is -0.384. The summed E-state index contributed by atoms with van der Waals surface area (Å²) in [4.78, 5) is 37.8. The summed E-state index contributed by atoms with van der Waals surface area (Å²) in [6.45, 7) is 3.68. The summed E-state index contributed by atoms with van der Waals surface area (Å²) in [7, 11) is 0. The van der Waals surface area contributed by atoms with Gasteiger partial charge in [-0.3, -0.25) is 29.9 Å². The summed E-state index contributed by atoms with van der Waals surface area (Å²) >= 11 is 11.9. The number of nitro groups is 2. The molecule has 31 heavy (non-hydrogen) atoms. The molecule has 1 atom stereocenters. The molecule has 2 aromatic rings. The molecule has 164 valence electrons. The lowest BCUT2D eigenvalue weighted by atomic mass is 10.1. The first kappa shape index (κ1) is 22.7. The number of benzene rings is 2. The van der Waals surface area contributed by atoms with Gasteiger partial charge in [-0.1, -0.05) is 23.2 Å². The molecule has 0 aliphatic carbocycles. The van der Waals surface area contributed by atoms with Crippen LogP contribution in [-0.4, -0.2) is 52.9 Å². The maximum absolute atomic E-state index is 12.7. The van der Waals surface area contributed by atoms with Gasteiger partial charge in [0.2, 0.25) is 5.91 Å². The predicted molar refractivity (Wildman–Crippen MR) is 118 cm³/mol. The van der Waals surface area contributed by atoms with E-state index in [1.54, 1.807) is 19.1 Å². The summed E-state index contributed by atoms with van der Waals surface area (Å²) in [5, 5.41) is 25.4. The molecular formula is C19H19Cl2N5O5. The van der Waals surface area contributed by atoms with Gasteiger partial charge in [-0.15, -0.1) is 0 Å². The van der Waals surface area contributed by atoms with Gasteiger partial charge in [-0.25, -0.2) is 0 Å². The minimum Gasteiger partial charge on any atom is -0.363 e. The molecule has 12 heteroatoms. The predicted octanol–water partition coefficient (Wildman–Crippen LogP) is 3.96. The number of hydrogen-bond acceptors (Lipinski definition) is 7. The lowest BCUT2D eigenvalue weighted by Crippen LogP contribution is -2.53. The van der Waals surface area contributed by atoms with Gasteiger partial charge < -0.3 is 10.2 Å². The van der Waals surface area contributed by atoms with Gasteiger partial charge in [0.15, 0.2) is 0 Å². The van der Waals surface area contributed by atoms with Crippen molar-refractivity contribution < 1.29 is 14.6 Å². The van der Waals surface area contributed by atoms with Gasteiger partial charge in [0.05, 0.1) is 26.6 Å². The van der Waals surface area contributed by atoms with Crippen LogP contribution in [0.25, 0.3) is 0 Å². The van der Waals surface area contributed by atoms with Crippen molar-refractivity contribution in [1.82, 2.24) is 4.90 Å². The number of rotatable bonds is 6. The maximum Gasteiger partial charge on any atom is 0.294 e. The lowest BCUT2D eigenvalue weighted by Gasteiger charge is -2.38. The van der Waals surface area contributed by atoms with Crippen molar-refractivity contribution in [3.8, 4) is 0 Å². The highest BCUT2D eigenvalue weighted by Gasteiger charge is 2.29. The number of non-ortho nitro benzene ring substituents is 1. The van der Waals surface area contributed by atoms with E-state index in [0.717, 1.165) is 0 Å². The van der Waals surface area contributed by atoms with E-state index in [4.69, 9.17) is 23.2 Å². The Hall–Kier alpha value is -2.95. The van der Waals surface area contributed by atoms with Crippen molar-refractivity contribution in [2.24, 2.45) is 0 Å². The SMILES string of the molecule is CC(C(=O)Nc1cc([N+](=O)[O-])ccc1Cl)N1CCN(c2ccc(Cl)cc2[N+](=O)[O-])CC1. The van der Waals surface area contributed by atoms with Crippen LogP contribution in [0.1, 0.15) is 6.92 Å². The van der Waals surface area contributed by atoms with Crippen molar-refractivity contribution in [2.75, 3.05) is 36.4 Å². The zero-order valence-electron chi connectivity index (χ0n) is 16.5. The van der Waals surface area contributed by atoms with Crippen LogP contribution in [-0.2, 0) is 4.79 Å². The number of halogens is 2. The molecule has 1 unspecified atom stereocenters. The highest BCUT2D eigenvalue weighted by molar-refractivity contribution is 6.33. The minimum absolute atomic E-state index is 0.0629. The fourth-order valence-electron chi connectivity index (χ4n) is 3.39. The smallest absolute Gasteiger partial charge is 0.294 e. The molecule has 2 aromatic carbocycles. The summed E-state index contributed by atoms with van der Waals surface area (Å²) in [6, 6.07) is 7.85. The summed E-state index contributed by atoms with van der Waals surface area (Å²) < 4.78 is 0. The molecule has 1 amide bonds. The molecule has 1 saturated heterocycles. The Morgan fingerprint density at radius 3 is 2.32 bits per heavy atom. The van der Waals surface area contributed by atoms with Crippen LogP contribution in [0.2, 0.25) is 10.0 Å². The summed E-state index contributed by atoms with van der Waals surface area (Å²) in [6.07, 6.45) is 0. The van der Waals surface area contributed by atoms with Gasteiger partial charge in [0, 0.05) is 49.4 Å². The number of piperazine rings is 1. The molecule has 0 radical (unpaired) electrons. The van der Waals surface area contributed by atoms with Crippen LogP contribution in [0.4, 0.5) is 22.7 Å². The fourth-order valence-corrected chi connectivity index (χ4v) is 3.72. The van der Waals surface area contributed by atoms with Crippen molar-refractivity contribution in [1.29, 1.82) is 0 Å². The Bertz CT molecular complexity index is 1030. The standard InChI is InChI=1S/C19H19Cl2N5O5/c1-12(19(27)22-16-11-14(25(28)29)3-4-15(16)21)23-6-8-24(9-7-23)17-5-2-13(20)10-18(17)26(30)31/h2-5,10-12H,6-9H2,1H3,(H,22,27). The van der Waals surface area contributed by atoms with Gasteiger partial charge >= 0.3 is 0 Å². The molecule has 3 rings (SSSR count). The van der Waals surface area contributed by atoms with Crippen LogP contribution in [0.5, 0.6) is 0 Å². The van der Waals surface area contributed by atoms with Crippen LogP contribution < -0.4 is 10.2 Å². The molecular weight excluding hydrogens is 449 g/mol. The molecule has 1 aliphatic heterocycles. The molecule has 1 heterocycles. The Kier molecular flexibility index (Phi) is 6.94. The third-order valence-electron chi connectivity index (χ3n) is 5.13. The zero-order valence-corrected chi connectivity index (χ0v) is 18.0. The highest BCUT2D eigenvalue weighted by Crippen LogP contribution is 2.32. The minimum atomic E-state index is -0.565. The second kappa shape index (κ2) is 9.46. The number of nitro benzene ring substituents is 2. The van der Waals surface area contributed by atoms with Crippen LogP contribution in [0.3, 0.4) is 0 Å². The maximum atomic E-state index is 12.7. The first-order valence-electron chi connectivity index (χ1n) is 9.35. The molecule has 10 nitrogen and oxygen atoms in total. The van der Waals surface area contributed by atoms with Crippen molar-refractivity contribution >= 4 is 51.9 Å². The van der Waals surface area contributed by atoms with Crippen molar-refractivity contribution in [2.45, 2.75) is 13.0 Å². The number of amides is 1. The first-order valence-corrected chi connectivity index (χ1v) is 10.1. The van der Waals surface area contributed by atoms with E-state index in [2.05, 4.69) is 5.32 Å². The molecule has 1 N–H and O–H groups in total.